The highest BCUT2D eigenvalue weighted by atomic mass is 14.6. The molecule has 2 heteroatoms. The van der Waals surface area contributed by atoms with Crippen molar-refractivity contribution < 1.29 is 0 Å². The fraction of sp³-hybridized carbons (Fsp3) is 0.111. The second-order valence-electron chi connectivity index (χ2n) is 1.67. The number of nitrogens with zero attached hydrogens (tertiary/aromatic N) is 2. The van der Waals surface area contributed by atoms with Gasteiger partial charge in [0.05, 0.1) is 0 Å². The Bertz CT molecular complexity index is 198. The van der Waals surface area contributed by atoms with E-state index in [4.69, 9.17) is 0 Å². The van der Waals surface area contributed by atoms with Crippen molar-refractivity contribution in [2.75, 3.05) is 7.05 Å². The Morgan fingerprint density at radius 1 is 1.09 bits per heavy atom. The van der Waals surface area contributed by atoms with Gasteiger partial charge in [-0.3, -0.25) is 9.98 Å². The molecule has 0 saturated carbocycles. The maximum Gasteiger partial charge on any atom is 0.0277 e. The summed E-state index contributed by atoms with van der Waals surface area (Å²) in [6.45, 7) is 3.49. The zero-order valence-corrected chi connectivity index (χ0v) is 6.64. The smallest absolute Gasteiger partial charge is 0.0277 e. The second kappa shape index (κ2) is 8.56. The zero-order valence-electron chi connectivity index (χ0n) is 6.64. The first-order valence-corrected chi connectivity index (χ1v) is 3.30. The molecule has 0 fully saturated rings. The van der Waals surface area contributed by atoms with E-state index in [9.17, 15) is 0 Å². The summed E-state index contributed by atoms with van der Waals surface area (Å²) in [6.07, 6.45) is 12.2. The van der Waals surface area contributed by atoms with Crippen LogP contribution < -0.4 is 0 Å². The van der Waals surface area contributed by atoms with E-state index in [1.54, 1.807) is 31.8 Å². The summed E-state index contributed by atoms with van der Waals surface area (Å²) in [5.41, 5.74) is 0. The van der Waals surface area contributed by atoms with Crippen molar-refractivity contribution in [1.29, 1.82) is 0 Å². The molecule has 0 bridgehead atoms. The average Bonchev–Trinajstić information content (AvgIpc) is 2.03. The lowest BCUT2D eigenvalue weighted by molar-refractivity contribution is 1.48. The van der Waals surface area contributed by atoms with Crippen LogP contribution in [0.4, 0.5) is 0 Å². The monoisotopic (exact) mass is 148 g/mol. The van der Waals surface area contributed by atoms with Gasteiger partial charge in [0.1, 0.15) is 0 Å². The summed E-state index contributed by atoms with van der Waals surface area (Å²) >= 11 is 0. The second-order valence-corrected chi connectivity index (χ2v) is 1.67. The number of hydrogen-bond donors (Lipinski definition) is 0. The number of aliphatic imine (C=N–C) groups is 2. The summed E-state index contributed by atoms with van der Waals surface area (Å²) in [7, 11) is 1.73. The van der Waals surface area contributed by atoms with E-state index in [2.05, 4.69) is 16.6 Å². The minimum Gasteiger partial charge on any atom is -0.297 e. The van der Waals surface area contributed by atoms with Crippen molar-refractivity contribution in [3.05, 3.63) is 37.1 Å². The topological polar surface area (TPSA) is 24.7 Å². The molecule has 2 nitrogen and oxygen atoms in total. The maximum absolute atomic E-state index is 3.87. The summed E-state index contributed by atoms with van der Waals surface area (Å²) < 4.78 is 0. The van der Waals surface area contributed by atoms with Crippen LogP contribution in [0.5, 0.6) is 0 Å². The van der Waals surface area contributed by atoms with Crippen LogP contribution in [-0.4, -0.2) is 19.5 Å². The molecule has 0 atom stereocenters. The van der Waals surface area contributed by atoms with Crippen LogP contribution in [-0.2, 0) is 0 Å². The molecule has 58 valence electrons. The first-order chi connectivity index (χ1) is 5.41. The molecule has 0 radical (unpaired) electrons. The van der Waals surface area contributed by atoms with Gasteiger partial charge in [0.15, 0.2) is 0 Å². The molecule has 11 heavy (non-hydrogen) atoms. The van der Waals surface area contributed by atoms with Crippen molar-refractivity contribution in [1.82, 2.24) is 0 Å². The molecular weight excluding hydrogens is 136 g/mol. The summed E-state index contributed by atoms with van der Waals surface area (Å²) in [5.74, 6) is 0. The van der Waals surface area contributed by atoms with E-state index in [-0.39, 0.29) is 0 Å². The van der Waals surface area contributed by atoms with Gasteiger partial charge in [-0.2, -0.15) is 0 Å². The Morgan fingerprint density at radius 3 is 2.55 bits per heavy atom. The van der Waals surface area contributed by atoms with Gasteiger partial charge in [0, 0.05) is 25.7 Å². The number of hydrogen-bond acceptors (Lipinski definition) is 2. The minimum absolute atomic E-state index is 1.62. The third-order valence-electron chi connectivity index (χ3n) is 0.821. The number of rotatable bonds is 4. The van der Waals surface area contributed by atoms with Gasteiger partial charge < -0.3 is 0 Å². The molecular formula is C9H12N2. The first-order valence-electron chi connectivity index (χ1n) is 3.30. The van der Waals surface area contributed by atoms with Crippen LogP contribution in [0.1, 0.15) is 0 Å². The lowest BCUT2D eigenvalue weighted by Crippen LogP contribution is -1.60. The van der Waals surface area contributed by atoms with Crippen LogP contribution in [0, 0.1) is 0 Å². The molecule has 0 aliphatic carbocycles. The Morgan fingerprint density at radius 2 is 1.91 bits per heavy atom. The molecule has 0 spiro atoms. The van der Waals surface area contributed by atoms with Crippen LogP contribution in [0.15, 0.2) is 47.1 Å². The molecule has 0 aliphatic rings. The average molecular weight is 148 g/mol. The van der Waals surface area contributed by atoms with Gasteiger partial charge >= 0.3 is 0 Å². The van der Waals surface area contributed by atoms with E-state index in [0.29, 0.717) is 0 Å². The van der Waals surface area contributed by atoms with Crippen LogP contribution in [0.2, 0.25) is 0 Å². The van der Waals surface area contributed by atoms with E-state index < -0.39 is 0 Å². The predicted octanol–water partition coefficient (Wildman–Crippen LogP) is 2.01. The Labute approximate surface area is 67.4 Å². The van der Waals surface area contributed by atoms with Crippen LogP contribution >= 0.6 is 0 Å². The minimum atomic E-state index is 1.62. The molecule has 0 N–H and O–H groups in total. The standard InChI is InChI=1S/C9H12N2/c1-3-7-11-9-6-4-5-8-10-2/h3-9H,1H2,2H3/b5-4-,9-6+,10-8?,11-7?. The van der Waals surface area contributed by atoms with E-state index in [0.717, 1.165) is 0 Å². The molecule has 0 aliphatic heterocycles. The highest BCUT2D eigenvalue weighted by Crippen LogP contribution is 1.76. The van der Waals surface area contributed by atoms with Gasteiger partial charge in [-0.15, -0.1) is 0 Å². The van der Waals surface area contributed by atoms with E-state index in [1.165, 1.54) is 0 Å². The van der Waals surface area contributed by atoms with Crippen molar-refractivity contribution in [3.63, 3.8) is 0 Å². The zero-order chi connectivity index (χ0) is 8.36. The molecule has 0 aromatic heterocycles. The molecule has 0 rings (SSSR count). The Hall–Kier alpha value is -1.44. The highest BCUT2D eigenvalue weighted by Gasteiger charge is 1.60. The van der Waals surface area contributed by atoms with E-state index >= 15 is 0 Å². The number of allylic oxidation sites excluding steroid dienone is 4. The highest BCUT2D eigenvalue weighted by molar-refractivity contribution is 5.71. The first kappa shape index (κ1) is 9.56. The normalized spacial score (nSPS) is 12.8. The molecule has 0 heterocycles. The fourth-order valence-corrected chi connectivity index (χ4v) is 0.410. The molecule has 0 amide bonds. The Balaban J connectivity index is 3.59. The van der Waals surface area contributed by atoms with Gasteiger partial charge in [0.25, 0.3) is 0 Å². The van der Waals surface area contributed by atoms with Crippen molar-refractivity contribution >= 4 is 12.4 Å². The Kier molecular flexibility index (Phi) is 7.44. The quantitative estimate of drug-likeness (QED) is 0.430. The van der Waals surface area contributed by atoms with Crippen molar-refractivity contribution in [2.24, 2.45) is 9.98 Å². The molecule has 0 saturated heterocycles. The molecule has 0 aromatic rings. The third kappa shape index (κ3) is 8.56. The maximum atomic E-state index is 3.87. The van der Waals surface area contributed by atoms with Gasteiger partial charge in [-0.25, -0.2) is 0 Å². The van der Waals surface area contributed by atoms with Gasteiger partial charge in [-0.05, 0) is 12.2 Å². The third-order valence-corrected chi connectivity index (χ3v) is 0.821. The van der Waals surface area contributed by atoms with Crippen LogP contribution in [0.25, 0.3) is 0 Å². The van der Waals surface area contributed by atoms with Gasteiger partial charge in [-0.1, -0.05) is 18.7 Å². The van der Waals surface area contributed by atoms with Crippen LogP contribution in [0.3, 0.4) is 0 Å². The summed E-state index contributed by atoms with van der Waals surface area (Å²) in [5, 5.41) is 0. The lowest BCUT2D eigenvalue weighted by atomic mass is 10.5. The fourth-order valence-electron chi connectivity index (χ4n) is 0.410. The SMILES string of the molecule is C=CC=N/C=C/C=C\C=NC. The summed E-state index contributed by atoms with van der Waals surface area (Å²) in [6, 6.07) is 0. The molecule has 0 unspecified atom stereocenters. The van der Waals surface area contributed by atoms with E-state index in [1.807, 2.05) is 18.2 Å². The van der Waals surface area contributed by atoms with Crippen molar-refractivity contribution in [2.45, 2.75) is 0 Å². The largest absolute Gasteiger partial charge is 0.297 e. The van der Waals surface area contributed by atoms with Gasteiger partial charge in [0.2, 0.25) is 0 Å². The lowest BCUT2D eigenvalue weighted by Gasteiger charge is -1.72. The molecule has 0 aromatic carbocycles. The van der Waals surface area contributed by atoms with Crippen molar-refractivity contribution in [3.8, 4) is 0 Å². The predicted molar refractivity (Wildman–Crippen MR) is 51.4 cm³/mol. The summed E-state index contributed by atoms with van der Waals surface area (Å²) in [4.78, 5) is 7.64.